The summed E-state index contributed by atoms with van der Waals surface area (Å²) in [5, 5.41) is 9.50. The van der Waals surface area contributed by atoms with E-state index in [1.54, 1.807) is 30.3 Å². The molecule has 0 heterocycles. The quantitative estimate of drug-likeness (QED) is 0.897. The minimum absolute atomic E-state index is 0.0180. The van der Waals surface area contributed by atoms with Crippen LogP contribution in [-0.2, 0) is 6.61 Å². The molecule has 4 heteroatoms. The lowest BCUT2D eigenvalue weighted by Gasteiger charge is -2.11. The second-order valence-corrected chi connectivity index (χ2v) is 4.79. The maximum Gasteiger partial charge on any atom is 0.146 e. The molecule has 0 aliphatic carbocycles. The largest absolute Gasteiger partial charge is 0.456 e. The number of aliphatic hydroxyl groups is 1. The molecule has 0 aliphatic heterocycles. The van der Waals surface area contributed by atoms with Gasteiger partial charge in [-0.3, -0.25) is 0 Å². The van der Waals surface area contributed by atoms with Crippen molar-refractivity contribution in [1.29, 1.82) is 0 Å². The topological polar surface area (TPSA) is 55.5 Å². The van der Waals surface area contributed by atoms with Gasteiger partial charge in [-0.2, -0.15) is 0 Å². The highest BCUT2D eigenvalue weighted by Gasteiger charge is 2.07. The van der Waals surface area contributed by atoms with E-state index in [4.69, 9.17) is 27.2 Å². The molecule has 3 N–H and O–H groups in total. The predicted octanol–water partition coefficient (Wildman–Crippen LogP) is 3.64. The normalized spacial score (nSPS) is 12.2. The van der Waals surface area contributed by atoms with Gasteiger partial charge in [0.05, 0.1) is 11.6 Å². The van der Waals surface area contributed by atoms with Crippen LogP contribution < -0.4 is 10.5 Å². The van der Waals surface area contributed by atoms with Crippen molar-refractivity contribution >= 4 is 11.6 Å². The third-order valence-electron chi connectivity index (χ3n) is 2.82. The summed E-state index contributed by atoms with van der Waals surface area (Å²) in [6.07, 6.45) is 0. The van der Waals surface area contributed by atoms with E-state index >= 15 is 0 Å². The second-order valence-electron chi connectivity index (χ2n) is 4.38. The molecule has 3 nitrogen and oxygen atoms in total. The van der Waals surface area contributed by atoms with E-state index in [0.29, 0.717) is 16.5 Å². The zero-order valence-corrected chi connectivity index (χ0v) is 11.4. The van der Waals surface area contributed by atoms with Crippen LogP contribution in [0.2, 0.25) is 5.02 Å². The molecule has 0 amide bonds. The molecule has 0 radical (unpaired) electrons. The first-order valence-corrected chi connectivity index (χ1v) is 6.40. The molecule has 0 saturated carbocycles. The molecule has 0 saturated heterocycles. The van der Waals surface area contributed by atoms with E-state index in [-0.39, 0.29) is 12.6 Å². The van der Waals surface area contributed by atoms with E-state index in [1.165, 1.54) is 0 Å². The summed E-state index contributed by atoms with van der Waals surface area (Å²) in [6.45, 7) is 1.92. The van der Waals surface area contributed by atoms with Crippen LogP contribution in [0.1, 0.15) is 24.1 Å². The fraction of sp³-hybridized carbons (Fsp3) is 0.200. The number of rotatable bonds is 4. The van der Waals surface area contributed by atoms with E-state index in [1.807, 2.05) is 19.1 Å². The van der Waals surface area contributed by atoms with E-state index in [0.717, 1.165) is 11.1 Å². The van der Waals surface area contributed by atoms with Gasteiger partial charge in [0.1, 0.15) is 11.5 Å². The van der Waals surface area contributed by atoms with Gasteiger partial charge in [-0.15, -0.1) is 0 Å². The SMILES string of the molecule is C[C@@H](N)c1ccc(Oc2ccc(CO)cc2)c(Cl)c1. The Hall–Kier alpha value is -1.55. The maximum absolute atomic E-state index is 8.97. The molecular weight excluding hydrogens is 262 g/mol. The summed E-state index contributed by atoms with van der Waals surface area (Å²) in [5.41, 5.74) is 7.60. The van der Waals surface area contributed by atoms with Crippen LogP contribution in [0.3, 0.4) is 0 Å². The van der Waals surface area contributed by atoms with Crippen molar-refractivity contribution in [3.8, 4) is 11.5 Å². The lowest BCUT2D eigenvalue weighted by molar-refractivity contribution is 0.281. The fourth-order valence-electron chi connectivity index (χ4n) is 1.67. The van der Waals surface area contributed by atoms with E-state index < -0.39 is 0 Å². The third-order valence-corrected chi connectivity index (χ3v) is 3.11. The summed E-state index contributed by atoms with van der Waals surface area (Å²) in [6, 6.07) is 12.6. The number of ether oxygens (including phenoxy) is 1. The molecule has 19 heavy (non-hydrogen) atoms. The minimum atomic E-state index is -0.0598. The van der Waals surface area contributed by atoms with Crippen molar-refractivity contribution in [2.75, 3.05) is 0 Å². The molecule has 0 fully saturated rings. The van der Waals surface area contributed by atoms with Gasteiger partial charge in [-0.1, -0.05) is 29.8 Å². The van der Waals surface area contributed by atoms with Crippen molar-refractivity contribution in [2.24, 2.45) is 5.73 Å². The lowest BCUT2D eigenvalue weighted by atomic mass is 10.1. The van der Waals surface area contributed by atoms with Gasteiger partial charge in [0.2, 0.25) is 0 Å². The van der Waals surface area contributed by atoms with Crippen molar-refractivity contribution in [3.63, 3.8) is 0 Å². The molecule has 100 valence electrons. The monoisotopic (exact) mass is 277 g/mol. The predicted molar refractivity (Wildman–Crippen MR) is 76.5 cm³/mol. The van der Waals surface area contributed by atoms with Crippen LogP contribution >= 0.6 is 11.6 Å². The molecule has 2 aromatic carbocycles. The molecule has 0 aromatic heterocycles. The Balaban J connectivity index is 2.18. The van der Waals surface area contributed by atoms with Crippen molar-refractivity contribution in [3.05, 3.63) is 58.6 Å². The van der Waals surface area contributed by atoms with Crippen LogP contribution in [0.5, 0.6) is 11.5 Å². The van der Waals surface area contributed by atoms with Crippen molar-refractivity contribution < 1.29 is 9.84 Å². The van der Waals surface area contributed by atoms with Gasteiger partial charge in [-0.05, 0) is 42.3 Å². The highest BCUT2D eigenvalue weighted by atomic mass is 35.5. The first kappa shape index (κ1) is 13.9. The molecule has 2 rings (SSSR count). The summed E-state index contributed by atoms with van der Waals surface area (Å²) in [4.78, 5) is 0. The molecule has 0 aliphatic rings. The van der Waals surface area contributed by atoms with Gasteiger partial charge < -0.3 is 15.6 Å². The van der Waals surface area contributed by atoms with Crippen LogP contribution in [0.25, 0.3) is 0 Å². The molecule has 0 spiro atoms. The summed E-state index contributed by atoms with van der Waals surface area (Å²) < 4.78 is 5.69. The van der Waals surface area contributed by atoms with Crippen LogP contribution in [0.4, 0.5) is 0 Å². The van der Waals surface area contributed by atoms with Gasteiger partial charge in [0.25, 0.3) is 0 Å². The second kappa shape index (κ2) is 6.06. The standard InChI is InChI=1S/C15H16ClNO2/c1-10(17)12-4-7-15(14(16)8-12)19-13-5-2-11(9-18)3-6-13/h2-8,10,18H,9,17H2,1H3/t10-/m1/s1. The number of aliphatic hydroxyl groups excluding tert-OH is 1. The summed E-state index contributed by atoms with van der Waals surface area (Å²) >= 11 is 6.16. The van der Waals surface area contributed by atoms with E-state index in [2.05, 4.69) is 0 Å². The van der Waals surface area contributed by atoms with Gasteiger partial charge in [-0.25, -0.2) is 0 Å². The Morgan fingerprint density at radius 1 is 1.21 bits per heavy atom. The Bertz CT molecular complexity index is 553. The summed E-state index contributed by atoms with van der Waals surface area (Å²) in [7, 11) is 0. The van der Waals surface area contributed by atoms with E-state index in [9.17, 15) is 0 Å². The molecule has 0 bridgehead atoms. The number of hydrogen-bond acceptors (Lipinski definition) is 3. The van der Waals surface area contributed by atoms with Gasteiger partial charge in [0, 0.05) is 6.04 Å². The minimum Gasteiger partial charge on any atom is -0.456 e. The molecular formula is C15H16ClNO2. The number of benzene rings is 2. The first-order chi connectivity index (χ1) is 9.10. The average molecular weight is 278 g/mol. The average Bonchev–Trinajstić information content (AvgIpc) is 2.41. The first-order valence-electron chi connectivity index (χ1n) is 6.03. The highest BCUT2D eigenvalue weighted by Crippen LogP contribution is 2.31. The maximum atomic E-state index is 8.97. The Morgan fingerprint density at radius 3 is 2.42 bits per heavy atom. The van der Waals surface area contributed by atoms with Crippen molar-refractivity contribution in [2.45, 2.75) is 19.6 Å². The summed E-state index contributed by atoms with van der Waals surface area (Å²) in [5.74, 6) is 1.26. The molecule has 1 atom stereocenters. The Labute approximate surface area is 117 Å². The molecule has 2 aromatic rings. The third kappa shape index (κ3) is 3.47. The lowest BCUT2D eigenvalue weighted by Crippen LogP contribution is -2.04. The Kier molecular flexibility index (Phi) is 4.43. The van der Waals surface area contributed by atoms with Crippen molar-refractivity contribution in [1.82, 2.24) is 0 Å². The fourth-order valence-corrected chi connectivity index (χ4v) is 1.90. The zero-order chi connectivity index (χ0) is 13.8. The number of hydrogen-bond donors (Lipinski definition) is 2. The van der Waals surface area contributed by atoms with Crippen LogP contribution in [0, 0.1) is 0 Å². The smallest absolute Gasteiger partial charge is 0.146 e. The number of halogens is 1. The van der Waals surface area contributed by atoms with Crippen LogP contribution in [0.15, 0.2) is 42.5 Å². The highest BCUT2D eigenvalue weighted by molar-refractivity contribution is 6.32. The Morgan fingerprint density at radius 2 is 1.89 bits per heavy atom. The van der Waals surface area contributed by atoms with Crippen LogP contribution in [-0.4, -0.2) is 5.11 Å². The van der Waals surface area contributed by atoms with Gasteiger partial charge >= 0.3 is 0 Å². The number of nitrogens with two attached hydrogens (primary N) is 1. The van der Waals surface area contributed by atoms with Gasteiger partial charge in [0.15, 0.2) is 0 Å². The zero-order valence-electron chi connectivity index (χ0n) is 10.6. The molecule has 0 unspecified atom stereocenters.